The van der Waals surface area contributed by atoms with Crippen LogP contribution in [0.5, 0.6) is 0 Å². The summed E-state index contributed by atoms with van der Waals surface area (Å²) in [5.74, 6) is -1.18. The zero-order valence-electron chi connectivity index (χ0n) is 14.7. The second-order valence-corrected chi connectivity index (χ2v) is 7.14. The molecule has 1 fully saturated rings. The molecule has 1 N–H and O–H groups in total. The normalized spacial score (nSPS) is 14.3. The van der Waals surface area contributed by atoms with E-state index in [0.717, 1.165) is 0 Å². The van der Waals surface area contributed by atoms with Crippen LogP contribution in [0.4, 0.5) is 10.1 Å². The summed E-state index contributed by atoms with van der Waals surface area (Å²) < 4.78 is 24.7. The van der Waals surface area contributed by atoms with Crippen LogP contribution in [-0.2, 0) is 4.74 Å². The number of carbonyl (C=O) groups excluding carboxylic acids is 2. The van der Waals surface area contributed by atoms with Crippen LogP contribution in [0.15, 0.2) is 51.4 Å². The molecule has 2 heterocycles. The van der Waals surface area contributed by atoms with Gasteiger partial charge in [-0.05, 0) is 46.3 Å². The molecule has 4 rings (SSSR count). The minimum absolute atomic E-state index is 0.0645. The van der Waals surface area contributed by atoms with E-state index >= 15 is 0 Å². The van der Waals surface area contributed by atoms with Crippen LogP contribution in [0.25, 0.3) is 11.0 Å². The summed E-state index contributed by atoms with van der Waals surface area (Å²) in [5, 5.41) is 3.38. The molecule has 3 aromatic rings. The van der Waals surface area contributed by atoms with Crippen molar-refractivity contribution >= 4 is 44.4 Å². The van der Waals surface area contributed by atoms with E-state index in [0.29, 0.717) is 47.4 Å². The lowest BCUT2D eigenvalue weighted by Gasteiger charge is -2.26. The number of fused-ring (bicyclic) bond motifs is 1. The second-order valence-electron chi connectivity index (χ2n) is 6.29. The van der Waals surface area contributed by atoms with E-state index in [9.17, 15) is 14.0 Å². The summed E-state index contributed by atoms with van der Waals surface area (Å²) in [6, 6.07) is 10.9. The van der Waals surface area contributed by atoms with Crippen LogP contribution in [0.1, 0.15) is 20.9 Å². The third-order valence-electron chi connectivity index (χ3n) is 4.50. The molecule has 1 aliphatic rings. The first-order chi connectivity index (χ1) is 13.5. The molecule has 1 aliphatic heterocycles. The number of morpholine rings is 1. The number of nitrogens with one attached hydrogen (secondary N) is 1. The molecule has 6 nitrogen and oxygen atoms in total. The summed E-state index contributed by atoms with van der Waals surface area (Å²) >= 11 is 3.20. The fraction of sp³-hybridized carbons (Fsp3) is 0.200. The van der Waals surface area contributed by atoms with Gasteiger partial charge in [0.2, 0.25) is 5.76 Å². The van der Waals surface area contributed by atoms with Crippen molar-refractivity contribution in [3.05, 3.63) is 64.1 Å². The molecule has 0 unspecified atom stereocenters. The van der Waals surface area contributed by atoms with Gasteiger partial charge in [0.1, 0.15) is 17.1 Å². The highest BCUT2D eigenvalue weighted by atomic mass is 79.9. The number of carbonyl (C=O) groups is 2. The van der Waals surface area contributed by atoms with Crippen molar-refractivity contribution in [1.82, 2.24) is 4.90 Å². The number of anilines is 1. The molecule has 28 heavy (non-hydrogen) atoms. The smallest absolute Gasteiger partial charge is 0.291 e. The Morgan fingerprint density at radius 2 is 1.86 bits per heavy atom. The zero-order valence-corrected chi connectivity index (χ0v) is 16.3. The van der Waals surface area contributed by atoms with Gasteiger partial charge < -0.3 is 19.4 Å². The van der Waals surface area contributed by atoms with Gasteiger partial charge in [-0.3, -0.25) is 9.59 Å². The average Bonchev–Trinajstić information content (AvgIpc) is 3.06. The highest BCUT2D eigenvalue weighted by molar-refractivity contribution is 9.10. The fourth-order valence-corrected chi connectivity index (χ4v) is 3.62. The molecule has 2 amide bonds. The number of benzene rings is 2. The Balaban J connectivity index is 1.72. The number of para-hydroxylation sites is 1. The van der Waals surface area contributed by atoms with Crippen molar-refractivity contribution in [2.45, 2.75) is 0 Å². The third-order valence-corrected chi connectivity index (χ3v) is 5.16. The van der Waals surface area contributed by atoms with Gasteiger partial charge in [-0.25, -0.2) is 4.39 Å². The van der Waals surface area contributed by atoms with Crippen LogP contribution in [-0.4, -0.2) is 43.0 Å². The molecule has 0 spiro atoms. The quantitative estimate of drug-likeness (QED) is 0.658. The predicted molar refractivity (Wildman–Crippen MR) is 105 cm³/mol. The molecule has 0 atom stereocenters. The molecule has 8 heteroatoms. The second kappa shape index (κ2) is 7.73. The maximum atomic E-state index is 13.3. The Morgan fingerprint density at radius 3 is 2.61 bits per heavy atom. The predicted octanol–water partition coefficient (Wildman–Crippen LogP) is 4.06. The average molecular weight is 447 g/mol. The van der Waals surface area contributed by atoms with E-state index in [2.05, 4.69) is 21.2 Å². The first-order valence-corrected chi connectivity index (χ1v) is 9.49. The number of rotatable bonds is 3. The Morgan fingerprint density at radius 1 is 1.11 bits per heavy atom. The molecule has 0 radical (unpaired) electrons. The monoisotopic (exact) mass is 446 g/mol. The number of hydrogen-bond acceptors (Lipinski definition) is 4. The van der Waals surface area contributed by atoms with Gasteiger partial charge in [0, 0.05) is 22.9 Å². The van der Waals surface area contributed by atoms with E-state index in [1.54, 1.807) is 29.2 Å². The van der Waals surface area contributed by atoms with Crippen molar-refractivity contribution in [2.24, 2.45) is 0 Å². The number of amides is 2. The molecule has 0 bridgehead atoms. The summed E-state index contributed by atoms with van der Waals surface area (Å²) in [6.07, 6.45) is 0. The van der Waals surface area contributed by atoms with Crippen LogP contribution >= 0.6 is 15.9 Å². The molecule has 0 saturated carbocycles. The minimum Gasteiger partial charge on any atom is -0.449 e. The number of furan rings is 1. The van der Waals surface area contributed by atoms with Gasteiger partial charge in [-0.2, -0.15) is 0 Å². The zero-order chi connectivity index (χ0) is 19.7. The number of hydrogen-bond donors (Lipinski definition) is 1. The van der Waals surface area contributed by atoms with Crippen LogP contribution in [0.2, 0.25) is 0 Å². The first-order valence-electron chi connectivity index (χ1n) is 8.69. The van der Waals surface area contributed by atoms with Gasteiger partial charge >= 0.3 is 0 Å². The van der Waals surface area contributed by atoms with Gasteiger partial charge in [0.05, 0.1) is 18.8 Å². The Labute approximate surface area is 168 Å². The summed E-state index contributed by atoms with van der Waals surface area (Å²) in [7, 11) is 0. The molecular formula is C20H16BrFN2O4. The van der Waals surface area contributed by atoms with Gasteiger partial charge in [-0.1, -0.05) is 12.1 Å². The highest BCUT2D eigenvalue weighted by Crippen LogP contribution is 2.33. The number of halogens is 2. The van der Waals surface area contributed by atoms with Crippen molar-refractivity contribution in [3.8, 4) is 0 Å². The van der Waals surface area contributed by atoms with Gasteiger partial charge in [0.15, 0.2) is 0 Å². The lowest BCUT2D eigenvalue weighted by molar-refractivity contribution is 0.0285. The topological polar surface area (TPSA) is 71.8 Å². The van der Waals surface area contributed by atoms with E-state index in [1.807, 2.05) is 0 Å². The lowest BCUT2D eigenvalue weighted by Crippen LogP contribution is -2.40. The molecule has 1 aromatic heterocycles. The summed E-state index contributed by atoms with van der Waals surface area (Å²) in [5.41, 5.74) is 1.04. The van der Waals surface area contributed by atoms with Crippen LogP contribution in [0, 0.1) is 5.82 Å². The Bertz CT molecular complexity index is 1060. The first kappa shape index (κ1) is 18.6. The van der Waals surface area contributed by atoms with E-state index < -0.39 is 11.7 Å². The molecule has 2 aromatic carbocycles. The number of ether oxygens (including phenoxy) is 1. The maximum Gasteiger partial charge on any atom is 0.291 e. The van der Waals surface area contributed by atoms with Crippen molar-refractivity contribution in [2.75, 3.05) is 31.6 Å². The Kier molecular flexibility index (Phi) is 5.15. The van der Waals surface area contributed by atoms with E-state index in [1.165, 1.54) is 18.2 Å². The van der Waals surface area contributed by atoms with E-state index in [4.69, 9.17) is 9.15 Å². The van der Waals surface area contributed by atoms with E-state index in [-0.39, 0.29) is 17.2 Å². The third kappa shape index (κ3) is 3.53. The van der Waals surface area contributed by atoms with Gasteiger partial charge in [-0.15, -0.1) is 0 Å². The number of nitrogens with zero attached hydrogens (tertiary/aromatic N) is 1. The Hall–Kier alpha value is -2.71. The highest BCUT2D eigenvalue weighted by Gasteiger charge is 2.28. The van der Waals surface area contributed by atoms with Crippen molar-refractivity contribution in [1.29, 1.82) is 0 Å². The summed E-state index contributed by atoms with van der Waals surface area (Å²) in [4.78, 5) is 27.4. The fourth-order valence-electron chi connectivity index (χ4n) is 3.08. The molecule has 1 saturated heterocycles. The minimum atomic E-state index is -0.477. The van der Waals surface area contributed by atoms with Crippen LogP contribution in [0.3, 0.4) is 0 Å². The lowest BCUT2D eigenvalue weighted by atomic mass is 10.1. The maximum absolute atomic E-state index is 13.3. The largest absolute Gasteiger partial charge is 0.449 e. The molecule has 144 valence electrons. The van der Waals surface area contributed by atoms with Crippen molar-refractivity contribution < 1.29 is 23.1 Å². The standard InChI is InChI=1S/C20H16BrFN2O4/c21-15-11-12(22)5-6-13(15)19(25)23-17-14-3-1-2-4-16(14)28-18(17)20(26)24-7-9-27-10-8-24/h1-6,11H,7-10H2,(H,23,25). The SMILES string of the molecule is O=C(Nc1c(C(=O)N2CCOCC2)oc2ccccc12)c1ccc(F)cc1Br. The summed E-state index contributed by atoms with van der Waals surface area (Å²) in [6.45, 7) is 1.81. The van der Waals surface area contributed by atoms with Crippen molar-refractivity contribution in [3.63, 3.8) is 0 Å². The van der Waals surface area contributed by atoms with Crippen LogP contribution < -0.4 is 5.32 Å². The van der Waals surface area contributed by atoms with Gasteiger partial charge in [0.25, 0.3) is 11.8 Å². The molecule has 0 aliphatic carbocycles. The molecular weight excluding hydrogens is 431 g/mol.